The quantitative estimate of drug-likeness (QED) is 0.285. The third-order valence-corrected chi connectivity index (χ3v) is 17.0. The van der Waals surface area contributed by atoms with Crippen molar-refractivity contribution in [3.63, 3.8) is 0 Å². The van der Waals surface area contributed by atoms with Crippen LogP contribution in [0.4, 0.5) is 4.79 Å². The van der Waals surface area contributed by atoms with Crippen LogP contribution in [0.2, 0.25) is 0 Å². The molecule has 5 fully saturated rings. The number of carbonyl (C=O) groups excluding carboxylic acids is 1. The molecule has 1 amide bonds. The van der Waals surface area contributed by atoms with Crippen LogP contribution in [0.1, 0.15) is 149 Å². The number of carbonyl (C=O) groups is 2. The van der Waals surface area contributed by atoms with Gasteiger partial charge in [-0.05, 0) is 179 Å². The molecule has 292 valence electrons. The molecular weight excluding hydrogens is 657 g/mol. The van der Waals surface area contributed by atoms with Gasteiger partial charge in [-0.25, -0.2) is 9.59 Å². The van der Waals surface area contributed by atoms with Crippen molar-refractivity contribution in [3.8, 4) is 0 Å². The lowest BCUT2D eigenvalue weighted by atomic mass is 9.33. The summed E-state index contributed by atoms with van der Waals surface area (Å²) in [5, 5.41) is 13.8. The zero-order valence-corrected chi connectivity index (χ0v) is 34.6. The summed E-state index contributed by atoms with van der Waals surface area (Å²) in [5.74, 6) is 2.69. The number of rotatable bonds is 6. The summed E-state index contributed by atoms with van der Waals surface area (Å²) in [6.45, 7) is 28.4. The number of benzene rings is 1. The van der Waals surface area contributed by atoms with Crippen LogP contribution in [0, 0.1) is 57.2 Å². The maximum atomic E-state index is 13.0. The number of amides is 1. The van der Waals surface area contributed by atoms with Gasteiger partial charge in [0, 0.05) is 25.2 Å². The summed E-state index contributed by atoms with van der Waals surface area (Å²) in [4.78, 5) is 26.6. The number of carboxylic acid groups (broad SMARTS) is 1. The summed E-state index contributed by atoms with van der Waals surface area (Å²) in [6.07, 6.45) is 15.8. The number of nitrogens with zero attached hydrogens (tertiary/aromatic N) is 1. The maximum absolute atomic E-state index is 13.0. The van der Waals surface area contributed by atoms with E-state index in [1.54, 1.807) is 12.1 Å². The number of carboxylic acids is 1. The molecule has 10 atom stereocenters. The summed E-state index contributed by atoms with van der Waals surface area (Å²) < 4.78 is 5.78. The van der Waals surface area contributed by atoms with Gasteiger partial charge >= 0.3 is 12.1 Å². The predicted molar refractivity (Wildman–Crippen MR) is 215 cm³/mol. The number of hydrogen-bond acceptors (Lipinski definition) is 4. The topological polar surface area (TPSA) is 78.9 Å². The van der Waals surface area contributed by atoms with Crippen molar-refractivity contribution in [3.05, 3.63) is 53.6 Å². The lowest BCUT2D eigenvalue weighted by Gasteiger charge is -2.72. The lowest BCUT2D eigenvalue weighted by molar-refractivity contribution is -0.219. The fourth-order valence-electron chi connectivity index (χ4n) is 14.4. The zero-order valence-electron chi connectivity index (χ0n) is 34.6. The molecule has 0 aromatic heterocycles. The van der Waals surface area contributed by atoms with Gasteiger partial charge in [0.25, 0.3) is 0 Å². The number of allylic oxidation sites excluding steroid dienone is 3. The Morgan fingerprint density at radius 3 is 2.30 bits per heavy atom. The van der Waals surface area contributed by atoms with Gasteiger partial charge in [-0.15, -0.1) is 0 Å². The molecule has 4 saturated carbocycles. The van der Waals surface area contributed by atoms with Crippen LogP contribution >= 0.6 is 0 Å². The standard InChI is InChI=1S/C47H70N2O4/c1-30(2)34-19-24-47(48-28-31-12-11-27-49(29-31)41(52)53-42(3,4)5)26-25-45(9)36(39(34)47)17-18-38-44(8)22-20-35(32-13-15-33(16-14-32)40(50)51)43(6,7)37(44)21-23-46(38,45)10/h13-16,20,31,34,36-39,48H,1,11-12,17-19,21-29H2,2-10H3,(H,50,51). The van der Waals surface area contributed by atoms with Gasteiger partial charge in [0.2, 0.25) is 0 Å². The Morgan fingerprint density at radius 2 is 1.64 bits per heavy atom. The van der Waals surface area contributed by atoms with E-state index in [9.17, 15) is 14.7 Å². The van der Waals surface area contributed by atoms with Crippen molar-refractivity contribution in [1.29, 1.82) is 0 Å². The Hall–Kier alpha value is -2.60. The summed E-state index contributed by atoms with van der Waals surface area (Å²) >= 11 is 0. The molecule has 53 heavy (non-hydrogen) atoms. The molecule has 7 rings (SSSR count). The minimum atomic E-state index is -0.865. The Kier molecular flexibility index (Phi) is 9.68. The maximum Gasteiger partial charge on any atom is 0.410 e. The van der Waals surface area contributed by atoms with Gasteiger partial charge in [0.15, 0.2) is 0 Å². The van der Waals surface area contributed by atoms with Crippen molar-refractivity contribution >= 4 is 17.6 Å². The Bertz CT molecular complexity index is 1640. The molecule has 1 aliphatic heterocycles. The fraction of sp³-hybridized carbons (Fsp3) is 0.745. The molecule has 0 bridgehead atoms. The van der Waals surface area contributed by atoms with Crippen LogP contribution in [0.5, 0.6) is 0 Å². The van der Waals surface area contributed by atoms with Crippen molar-refractivity contribution in [1.82, 2.24) is 10.2 Å². The molecule has 1 aromatic carbocycles. The normalized spacial score (nSPS) is 40.5. The van der Waals surface area contributed by atoms with Crippen molar-refractivity contribution < 1.29 is 19.4 Å². The number of nitrogens with one attached hydrogen (secondary N) is 1. The first-order chi connectivity index (χ1) is 24.8. The molecule has 1 saturated heterocycles. The largest absolute Gasteiger partial charge is 0.478 e. The summed E-state index contributed by atoms with van der Waals surface area (Å²) in [6, 6.07) is 7.61. The van der Waals surface area contributed by atoms with Crippen LogP contribution in [-0.2, 0) is 4.74 Å². The monoisotopic (exact) mass is 727 g/mol. The van der Waals surface area contributed by atoms with Gasteiger partial charge in [-0.3, -0.25) is 0 Å². The van der Waals surface area contributed by atoms with Crippen LogP contribution in [0.3, 0.4) is 0 Å². The highest BCUT2D eigenvalue weighted by Gasteiger charge is 2.70. The van der Waals surface area contributed by atoms with E-state index >= 15 is 0 Å². The molecular formula is C47H70N2O4. The Labute approximate surface area is 321 Å². The minimum Gasteiger partial charge on any atom is -0.478 e. The summed E-state index contributed by atoms with van der Waals surface area (Å²) in [7, 11) is 0. The van der Waals surface area contributed by atoms with Crippen molar-refractivity contribution in [2.24, 2.45) is 57.2 Å². The van der Waals surface area contributed by atoms with E-state index in [2.05, 4.69) is 59.5 Å². The van der Waals surface area contributed by atoms with Gasteiger partial charge in [-0.1, -0.05) is 65.0 Å². The van der Waals surface area contributed by atoms with Crippen LogP contribution in [-0.4, -0.2) is 52.8 Å². The van der Waals surface area contributed by atoms with Crippen LogP contribution in [0.25, 0.3) is 5.57 Å². The highest BCUT2D eigenvalue weighted by Crippen LogP contribution is 2.76. The molecule has 10 unspecified atom stereocenters. The van der Waals surface area contributed by atoms with E-state index in [-0.39, 0.29) is 33.3 Å². The molecule has 2 N–H and O–H groups in total. The van der Waals surface area contributed by atoms with Gasteiger partial charge in [0.05, 0.1) is 5.56 Å². The number of hydrogen-bond donors (Lipinski definition) is 2. The second kappa shape index (κ2) is 13.3. The number of aromatic carboxylic acids is 1. The molecule has 1 aromatic rings. The Balaban J connectivity index is 1.13. The number of likely N-dealkylation sites (tertiary alicyclic amines) is 1. The van der Waals surface area contributed by atoms with E-state index in [0.717, 1.165) is 38.9 Å². The lowest BCUT2D eigenvalue weighted by Crippen LogP contribution is -2.68. The number of ether oxygens (including phenoxy) is 1. The highest BCUT2D eigenvalue weighted by atomic mass is 16.6. The van der Waals surface area contributed by atoms with Gasteiger partial charge in [-0.2, -0.15) is 0 Å². The van der Waals surface area contributed by atoms with Crippen molar-refractivity contribution in [2.45, 2.75) is 144 Å². The molecule has 0 spiro atoms. The van der Waals surface area contributed by atoms with E-state index in [1.807, 2.05) is 37.8 Å². The first-order valence-electron chi connectivity index (χ1n) is 21.2. The first-order valence-corrected chi connectivity index (χ1v) is 21.2. The third-order valence-electron chi connectivity index (χ3n) is 17.0. The SMILES string of the molecule is C=C(C)C1CCC2(NCC3CCCN(C(=O)OC(C)(C)C)C3)CCC3(C)C(CCC4C5(C)CC=C(c6ccc(C(=O)O)cc6)C(C)(C)C5CCC43C)C12. The average Bonchev–Trinajstić information content (AvgIpc) is 3.47. The molecule has 6 nitrogen and oxygen atoms in total. The van der Waals surface area contributed by atoms with Crippen molar-refractivity contribution in [2.75, 3.05) is 19.6 Å². The average molecular weight is 727 g/mol. The molecule has 5 aliphatic carbocycles. The summed E-state index contributed by atoms with van der Waals surface area (Å²) in [5.41, 5.74) is 4.78. The highest BCUT2D eigenvalue weighted by molar-refractivity contribution is 5.88. The second-order valence-electron chi connectivity index (χ2n) is 21.1. The molecule has 6 aliphatic rings. The molecule has 1 heterocycles. The van der Waals surface area contributed by atoms with E-state index in [4.69, 9.17) is 4.74 Å². The minimum absolute atomic E-state index is 0.0111. The van der Waals surface area contributed by atoms with Crippen LogP contribution in [0.15, 0.2) is 42.5 Å². The predicted octanol–water partition coefficient (Wildman–Crippen LogP) is 11.0. The van der Waals surface area contributed by atoms with E-state index in [1.165, 1.54) is 68.1 Å². The van der Waals surface area contributed by atoms with E-state index < -0.39 is 11.6 Å². The fourth-order valence-corrected chi connectivity index (χ4v) is 14.4. The smallest absolute Gasteiger partial charge is 0.410 e. The number of fused-ring (bicyclic) bond motifs is 7. The van der Waals surface area contributed by atoms with Crippen LogP contribution < -0.4 is 5.32 Å². The Morgan fingerprint density at radius 1 is 0.925 bits per heavy atom. The number of piperidine rings is 1. The third kappa shape index (κ3) is 6.24. The van der Waals surface area contributed by atoms with E-state index in [0.29, 0.717) is 41.1 Å². The molecule has 6 heteroatoms. The molecule has 0 radical (unpaired) electrons. The second-order valence-corrected chi connectivity index (χ2v) is 21.1. The van der Waals surface area contributed by atoms with Gasteiger partial charge < -0.3 is 20.1 Å². The van der Waals surface area contributed by atoms with Gasteiger partial charge in [0.1, 0.15) is 5.60 Å². The zero-order chi connectivity index (χ0) is 38.4. The first kappa shape index (κ1) is 38.7.